The number of nitrogens with zero attached hydrogens (tertiary/aromatic N) is 5. The minimum Gasteiger partial charge on any atom is -0.335 e. The summed E-state index contributed by atoms with van der Waals surface area (Å²) in [7, 11) is 0. The third kappa shape index (κ3) is 2.17. The van der Waals surface area contributed by atoms with Crippen molar-refractivity contribution in [1.82, 2.24) is 25.2 Å². The van der Waals surface area contributed by atoms with Crippen LogP contribution in [0.25, 0.3) is 0 Å². The normalized spacial score (nSPS) is 15.8. The minimum atomic E-state index is -0.120. The summed E-state index contributed by atoms with van der Waals surface area (Å²) in [6.45, 7) is 3.09. The molecule has 7 heteroatoms. The van der Waals surface area contributed by atoms with Gasteiger partial charge in [-0.1, -0.05) is 5.21 Å². The highest BCUT2D eigenvalue weighted by molar-refractivity contribution is 5.92. The van der Waals surface area contributed by atoms with E-state index in [2.05, 4.69) is 15.6 Å². The first-order chi connectivity index (χ1) is 7.81. The van der Waals surface area contributed by atoms with Crippen molar-refractivity contribution in [3.05, 3.63) is 11.9 Å². The van der Waals surface area contributed by atoms with Crippen molar-refractivity contribution in [2.24, 2.45) is 0 Å². The fourth-order valence-corrected chi connectivity index (χ4v) is 1.58. The second-order valence-electron chi connectivity index (χ2n) is 3.50. The number of piperazine rings is 1. The standard InChI is InChI=1S/C9H12N6O/c10-1-4-15-7-8(12-13-15)9(16)14-5-2-11-3-6-14/h7,11H,2-6H2. The van der Waals surface area contributed by atoms with Crippen LogP contribution in [0, 0.1) is 11.3 Å². The van der Waals surface area contributed by atoms with Crippen LogP contribution < -0.4 is 5.32 Å². The first kappa shape index (κ1) is 10.6. The van der Waals surface area contributed by atoms with Crippen LogP contribution in [0.4, 0.5) is 0 Å². The van der Waals surface area contributed by atoms with Crippen molar-refractivity contribution in [2.75, 3.05) is 26.2 Å². The Morgan fingerprint density at radius 3 is 3.00 bits per heavy atom. The average Bonchev–Trinajstić information content (AvgIpc) is 2.78. The molecule has 7 nitrogen and oxygen atoms in total. The van der Waals surface area contributed by atoms with Crippen LogP contribution in [0.15, 0.2) is 6.20 Å². The lowest BCUT2D eigenvalue weighted by molar-refractivity contribution is 0.0729. The first-order valence-electron chi connectivity index (χ1n) is 5.08. The molecule has 0 unspecified atom stereocenters. The van der Waals surface area contributed by atoms with E-state index in [-0.39, 0.29) is 12.5 Å². The lowest BCUT2D eigenvalue weighted by atomic mass is 10.3. The zero-order valence-corrected chi connectivity index (χ0v) is 8.76. The Labute approximate surface area is 92.6 Å². The molecule has 1 amide bonds. The highest BCUT2D eigenvalue weighted by Crippen LogP contribution is 2.02. The molecule has 1 saturated heterocycles. The largest absolute Gasteiger partial charge is 0.335 e. The van der Waals surface area contributed by atoms with Crippen LogP contribution in [-0.4, -0.2) is 52.0 Å². The molecule has 2 heterocycles. The highest BCUT2D eigenvalue weighted by atomic mass is 16.2. The molecule has 1 aromatic heterocycles. The predicted molar refractivity (Wildman–Crippen MR) is 54.4 cm³/mol. The molecule has 1 aliphatic heterocycles. The number of nitrogens with one attached hydrogen (secondary N) is 1. The van der Waals surface area contributed by atoms with E-state index in [0.29, 0.717) is 18.8 Å². The molecule has 84 valence electrons. The molecule has 0 aromatic carbocycles. The Balaban J connectivity index is 2.05. The maximum Gasteiger partial charge on any atom is 0.276 e. The van der Waals surface area contributed by atoms with Crippen LogP contribution in [0.2, 0.25) is 0 Å². The van der Waals surface area contributed by atoms with Crippen molar-refractivity contribution in [2.45, 2.75) is 6.54 Å². The van der Waals surface area contributed by atoms with Crippen molar-refractivity contribution in [1.29, 1.82) is 5.26 Å². The first-order valence-corrected chi connectivity index (χ1v) is 5.08. The SMILES string of the molecule is N#CCn1cc(C(=O)N2CCNCC2)nn1. The molecular formula is C9H12N6O. The van der Waals surface area contributed by atoms with Crippen molar-refractivity contribution >= 4 is 5.91 Å². The zero-order valence-electron chi connectivity index (χ0n) is 8.76. The summed E-state index contributed by atoms with van der Waals surface area (Å²) < 4.78 is 1.36. The predicted octanol–water partition coefficient (Wildman–Crippen LogP) is -1.15. The van der Waals surface area contributed by atoms with Crippen LogP contribution in [0.5, 0.6) is 0 Å². The van der Waals surface area contributed by atoms with E-state index in [9.17, 15) is 4.79 Å². The molecule has 0 aliphatic carbocycles. The summed E-state index contributed by atoms with van der Waals surface area (Å²) >= 11 is 0. The van der Waals surface area contributed by atoms with E-state index < -0.39 is 0 Å². The van der Waals surface area contributed by atoms with E-state index >= 15 is 0 Å². The van der Waals surface area contributed by atoms with Gasteiger partial charge < -0.3 is 10.2 Å². The summed E-state index contributed by atoms with van der Waals surface area (Å²) in [4.78, 5) is 13.7. The maximum atomic E-state index is 11.9. The highest BCUT2D eigenvalue weighted by Gasteiger charge is 2.20. The molecule has 16 heavy (non-hydrogen) atoms. The molecule has 0 bridgehead atoms. The average molecular weight is 220 g/mol. The van der Waals surface area contributed by atoms with Gasteiger partial charge in [0.15, 0.2) is 5.69 Å². The van der Waals surface area contributed by atoms with Gasteiger partial charge in [-0.15, -0.1) is 5.10 Å². The number of nitriles is 1. The molecule has 1 aromatic rings. The van der Waals surface area contributed by atoms with Gasteiger partial charge in [0.05, 0.1) is 12.3 Å². The third-order valence-corrected chi connectivity index (χ3v) is 2.39. The molecular weight excluding hydrogens is 208 g/mol. The maximum absolute atomic E-state index is 11.9. The van der Waals surface area contributed by atoms with Gasteiger partial charge in [-0.3, -0.25) is 4.79 Å². The third-order valence-electron chi connectivity index (χ3n) is 2.39. The molecule has 0 radical (unpaired) electrons. The second kappa shape index (κ2) is 4.72. The van der Waals surface area contributed by atoms with E-state index in [4.69, 9.17) is 5.26 Å². The van der Waals surface area contributed by atoms with Crippen LogP contribution >= 0.6 is 0 Å². The van der Waals surface area contributed by atoms with Crippen molar-refractivity contribution < 1.29 is 4.79 Å². The van der Waals surface area contributed by atoms with Gasteiger partial charge in [-0.25, -0.2) is 4.68 Å². The topological polar surface area (TPSA) is 86.8 Å². The van der Waals surface area contributed by atoms with Crippen LogP contribution in [-0.2, 0) is 6.54 Å². The number of amides is 1. The van der Waals surface area contributed by atoms with Crippen molar-refractivity contribution in [3.8, 4) is 6.07 Å². The number of hydrogen-bond acceptors (Lipinski definition) is 5. The number of hydrogen-bond donors (Lipinski definition) is 1. The lowest BCUT2D eigenvalue weighted by Crippen LogP contribution is -2.46. The summed E-state index contributed by atoms with van der Waals surface area (Å²) in [5.74, 6) is -0.120. The fourth-order valence-electron chi connectivity index (χ4n) is 1.58. The van der Waals surface area contributed by atoms with Crippen molar-refractivity contribution in [3.63, 3.8) is 0 Å². The van der Waals surface area contributed by atoms with Gasteiger partial charge in [-0.05, 0) is 0 Å². The monoisotopic (exact) mass is 220 g/mol. The Kier molecular flexibility index (Phi) is 3.12. The van der Waals surface area contributed by atoms with Gasteiger partial charge in [-0.2, -0.15) is 5.26 Å². The Morgan fingerprint density at radius 1 is 1.56 bits per heavy atom. The molecule has 2 rings (SSSR count). The van der Waals surface area contributed by atoms with Gasteiger partial charge in [0.25, 0.3) is 5.91 Å². The Morgan fingerprint density at radius 2 is 2.31 bits per heavy atom. The van der Waals surface area contributed by atoms with E-state index in [1.165, 1.54) is 10.9 Å². The van der Waals surface area contributed by atoms with E-state index in [1.807, 2.05) is 6.07 Å². The number of rotatable bonds is 2. The molecule has 1 aliphatic rings. The Hall–Kier alpha value is -1.94. The number of aromatic nitrogens is 3. The Bertz CT molecular complexity index is 414. The van der Waals surface area contributed by atoms with E-state index in [0.717, 1.165) is 13.1 Å². The second-order valence-corrected chi connectivity index (χ2v) is 3.50. The smallest absolute Gasteiger partial charge is 0.276 e. The zero-order chi connectivity index (χ0) is 11.4. The number of carbonyl (C=O) groups is 1. The molecule has 1 N–H and O–H groups in total. The molecule has 0 atom stereocenters. The molecule has 1 fully saturated rings. The van der Waals surface area contributed by atoms with Gasteiger partial charge >= 0.3 is 0 Å². The van der Waals surface area contributed by atoms with E-state index in [1.54, 1.807) is 4.90 Å². The fraction of sp³-hybridized carbons (Fsp3) is 0.556. The summed E-state index contributed by atoms with van der Waals surface area (Å²) in [5.41, 5.74) is 0.303. The lowest BCUT2D eigenvalue weighted by Gasteiger charge is -2.26. The van der Waals surface area contributed by atoms with Crippen LogP contribution in [0.1, 0.15) is 10.5 Å². The van der Waals surface area contributed by atoms with Gasteiger partial charge in [0.1, 0.15) is 6.54 Å². The molecule has 0 saturated carbocycles. The number of carbonyl (C=O) groups excluding carboxylic acids is 1. The quantitative estimate of drug-likeness (QED) is 0.679. The van der Waals surface area contributed by atoms with Gasteiger partial charge in [0.2, 0.25) is 0 Å². The molecule has 0 spiro atoms. The summed E-state index contributed by atoms with van der Waals surface area (Å²) in [6, 6.07) is 1.94. The summed E-state index contributed by atoms with van der Waals surface area (Å²) in [6.07, 6.45) is 1.51. The minimum absolute atomic E-state index is 0.113. The summed E-state index contributed by atoms with van der Waals surface area (Å²) in [5, 5.41) is 19.1. The van der Waals surface area contributed by atoms with Crippen LogP contribution in [0.3, 0.4) is 0 Å². The van der Waals surface area contributed by atoms with Gasteiger partial charge in [0, 0.05) is 26.2 Å².